The SMILES string of the molecule is CCN1CC[C@@H](CNC(=O)N2CCC(NS(C)(=O)=O)CC2)C1. The molecule has 0 aromatic carbocycles. The first-order chi connectivity index (χ1) is 10.4. The molecule has 2 amide bonds. The summed E-state index contributed by atoms with van der Waals surface area (Å²) in [7, 11) is -3.16. The maximum Gasteiger partial charge on any atom is 0.317 e. The van der Waals surface area contributed by atoms with Crippen molar-refractivity contribution in [1.29, 1.82) is 0 Å². The van der Waals surface area contributed by atoms with Crippen molar-refractivity contribution in [3.8, 4) is 0 Å². The minimum Gasteiger partial charge on any atom is -0.338 e. The summed E-state index contributed by atoms with van der Waals surface area (Å²) in [5.74, 6) is 0.549. The number of rotatable bonds is 5. The van der Waals surface area contributed by atoms with Gasteiger partial charge in [-0.05, 0) is 38.3 Å². The fourth-order valence-corrected chi connectivity index (χ4v) is 4.05. The van der Waals surface area contributed by atoms with E-state index in [-0.39, 0.29) is 12.1 Å². The Balaban J connectivity index is 1.67. The standard InChI is InChI=1S/C14H28N4O3S/c1-3-17-7-4-12(11-17)10-15-14(19)18-8-5-13(6-9-18)16-22(2,20)21/h12-13,16H,3-11H2,1-2H3,(H,15,19)/t12-/m0/s1. The van der Waals surface area contributed by atoms with Crippen LogP contribution in [0, 0.1) is 5.92 Å². The average molecular weight is 332 g/mol. The number of nitrogens with zero attached hydrogens (tertiary/aromatic N) is 2. The van der Waals surface area contributed by atoms with Crippen molar-refractivity contribution in [2.75, 3.05) is 45.5 Å². The third kappa shape index (κ3) is 5.40. The van der Waals surface area contributed by atoms with Crippen LogP contribution in [0.4, 0.5) is 4.79 Å². The molecule has 2 heterocycles. The highest BCUT2D eigenvalue weighted by atomic mass is 32.2. The van der Waals surface area contributed by atoms with Gasteiger partial charge in [-0.15, -0.1) is 0 Å². The van der Waals surface area contributed by atoms with Gasteiger partial charge in [0.15, 0.2) is 0 Å². The maximum atomic E-state index is 12.2. The molecule has 0 unspecified atom stereocenters. The summed E-state index contributed by atoms with van der Waals surface area (Å²) in [5.41, 5.74) is 0. The maximum absolute atomic E-state index is 12.2. The number of sulfonamides is 1. The summed E-state index contributed by atoms with van der Waals surface area (Å²) in [6.45, 7) is 7.37. The van der Waals surface area contributed by atoms with Crippen LogP contribution in [-0.2, 0) is 10.0 Å². The molecule has 8 heteroatoms. The Morgan fingerprint density at radius 3 is 2.41 bits per heavy atom. The number of carbonyl (C=O) groups excluding carboxylic acids is 1. The third-order valence-corrected chi connectivity index (χ3v) is 5.28. The summed E-state index contributed by atoms with van der Waals surface area (Å²) in [6.07, 6.45) is 3.67. The Morgan fingerprint density at radius 1 is 1.18 bits per heavy atom. The van der Waals surface area contributed by atoms with Crippen LogP contribution in [0.25, 0.3) is 0 Å². The number of amides is 2. The van der Waals surface area contributed by atoms with Gasteiger partial charge in [-0.1, -0.05) is 6.92 Å². The topological polar surface area (TPSA) is 81.8 Å². The Hall–Kier alpha value is -0.860. The third-order valence-electron chi connectivity index (χ3n) is 4.52. The lowest BCUT2D eigenvalue weighted by Gasteiger charge is -2.32. The van der Waals surface area contributed by atoms with Crippen LogP contribution in [0.15, 0.2) is 0 Å². The van der Waals surface area contributed by atoms with Crippen molar-refractivity contribution in [3.63, 3.8) is 0 Å². The largest absolute Gasteiger partial charge is 0.338 e. The number of hydrogen-bond donors (Lipinski definition) is 2. The summed E-state index contributed by atoms with van der Waals surface area (Å²) in [6, 6.07) is -0.0697. The van der Waals surface area contributed by atoms with Crippen molar-refractivity contribution in [2.24, 2.45) is 5.92 Å². The summed E-state index contributed by atoms with van der Waals surface area (Å²) >= 11 is 0. The first-order valence-corrected chi connectivity index (χ1v) is 9.99. The fraction of sp³-hybridized carbons (Fsp3) is 0.929. The van der Waals surface area contributed by atoms with Gasteiger partial charge in [0.2, 0.25) is 10.0 Å². The first-order valence-electron chi connectivity index (χ1n) is 8.10. The molecule has 7 nitrogen and oxygen atoms in total. The molecule has 0 spiro atoms. The van der Waals surface area contributed by atoms with Crippen LogP contribution in [0.5, 0.6) is 0 Å². The normalized spacial score (nSPS) is 24.6. The average Bonchev–Trinajstić information content (AvgIpc) is 2.92. The van der Waals surface area contributed by atoms with E-state index in [2.05, 4.69) is 21.9 Å². The number of piperidine rings is 1. The van der Waals surface area contributed by atoms with E-state index in [0.29, 0.717) is 31.8 Å². The number of nitrogens with one attached hydrogen (secondary N) is 2. The van der Waals surface area contributed by atoms with E-state index in [1.807, 2.05) is 0 Å². The minimum atomic E-state index is -3.16. The fourth-order valence-electron chi connectivity index (χ4n) is 3.21. The molecule has 0 aromatic rings. The van der Waals surface area contributed by atoms with Crippen LogP contribution >= 0.6 is 0 Å². The molecule has 2 N–H and O–H groups in total. The second-order valence-electron chi connectivity index (χ2n) is 6.39. The van der Waals surface area contributed by atoms with E-state index >= 15 is 0 Å². The molecule has 0 saturated carbocycles. The van der Waals surface area contributed by atoms with E-state index < -0.39 is 10.0 Å². The van der Waals surface area contributed by atoms with Crippen LogP contribution in [0.1, 0.15) is 26.2 Å². The highest BCUT2D eigenvalue weighted by Gasteiger charge is 2.26. The zero-order valence-corrected chi connectivity index (χ0v) is 14.4. The highest BCUT2D eigenvalue weighted by Crippen LogP contribution is 2.15. The van der Waals surface area contributed by atoms with Gasteiger partial charge >= 0.3 is 6.03 Å². The number of likely N-dealkylation sites (tertiary alicyclic amines) is 2. The highest BCUT2D eigenvalue weighted by molar-refractivity contribution is 7.88. The molecule has 2 aliphatic rings. The van der Waals surface area contributed by atoms with Crippen LogP contribution in [0.3, 0.4) is 0 Å². The van der Waals surface area contributed by atoms with Gasteiger partial charge in [-0.3, -0.25) is 0 Å². The molecule has 2 aliphatic heterocycles. The van der Waals surface area contributed by atoms with Crippen LogP contribution in [0.2, 0.25) is 0 Å². The Kier molecular flexibility index (Phi) is 6.05. The summed E-state index contributed by atoms with van der Waals surface area (Å²) in [4.78, 5) is 16.3. The molecule has 0 bridgehead atoms. The van der Waals surface area contributed by atoms with Gasteiger partial charge in [0.05, 0.1) is 6.26 Å². The quantitative estimate of drug-likeness (QED) is 0.745. The Morgan fingerprint density at radius 2 is 1.86 bits per heavy atom. The molecule has 22 heavy (non-hydrogen) atoms. The molecular formula is C14H28N4O3S. The Labute approximate surface area is 133 Å². The Bertz CT molecular complexity index is 474. The van der Waals surface area contributed by atoms with Gasteiger partial charge in [0.25, 0.3) is 0 Å². The van der Waals surface area contributed by atoms with Crippen molar-refractivity contribution < 1.29 is 13.2 Å². The van der Waals surface area contributed by atoms with E-state index in [4.69, 9.17) is 0 Å². The van der Waals surface area contributed by atoms with Gasteiger partial charge in [-0.2, -0.15) is 0 Å². The minimum absolute atomic E-state index is 0.0206. The predicted molar refractivity (Wildman–Crippen MR) is 86.2 cm³/mol. The zero-order valence-electron chi connectivity index (χ0n) is 13.5. The van der Waals surface area contributed by atoms with E-state index in [1.54, 1.807) is 4.90 Å². The lowest BCUT2D eigenvalue weighted by Crippen LogP contribution is -2.50. The lowest BCUT2D eigenvalue weighted by molar-refractivity contribution is 0.178. The van der Waals surface area contributed by atoms with Gasteiger partial charge in [0.1, 0.15) is 0 Å². The van der Waals surface area contributed by atoms with Crippen molar-refractivity contribution >= 4 is 16.1 Å². The zero-order chi connectivity index (χ0) is 16.2. The summed E-state index contributed by atoms with van der Waals surface area (Å²) in [5, 5.41) is 3.02. The van der Waals surface area contributed by atoms with E-state index in [9.17, 15) is 13.2 Å². The van der Waals surface area contributed by atoms with Crippen LogP contribution < -0.4 is 10.0 Å². The van der Waals surface area contributed by atoms with E-state index in [1.165, 1.54) is 6.26 Å². The molecule has 2 saturated heterocycles. The van der Waals surface area contributed by atoms with Crippen LogP contribution in [-0.4, -0.2) is 75.8 Å². The second kappa shape index (κ2) is 7.61. The molecule has 2 rings (SSSR count). The molecule has 2 fully saturated rings. The first kappa shape index (κ1) is 17.5. The van der Waals surface area contributed by atoms with E-state index in [0.717, 1.165) is 32.6 Å². The molecule has 0 aromatic heterocycles. The lowest BCUT2D eigenvalue weighted by atomic mass is 10.1. The van der Waals surface area contributed by atoms with Crippen molar-refractivity contribution in [1.82, 2.24) is 19.8 Å². The molecule has 0 aliphatic carbocycles. The predicted octanol–water partition coefficient (Wildman–Crippen LogP) is 0.0514. The van der Waals surface area contributed by atoms with Crippen molar-refractivity contribution in [3.05, 3.63) is 0 Å². The number of hydrogen-bond acceptors (Lipinski definition) is 4. The van der Waals surface area contributed by atoms with Crippen molar-refractivity contribution in [2.45, 2.75) is 32.2 Å². The molecular weight excluding hydrogens is 304 g/mol. The second-order valence-corrected chi connectivity index (χ2v) is 8.17. The molecule has 0 radical (unpaired) electrons. The number of carbonyl (C=O) groups is 1. The van der Waals surface area contributed by atoms with Gasteiger partial charge in [0, 0.05) is 32.2 Å². The smallest absolute Gasteiger partial charge is 0.317 e. The van der Waals surface area contributed by atoms with Gasteiger partial charge in [-0.25, -0.2) is 17.9 Å². The monoisotopic (exact) mass is 332 g/mol. The molecule has 1 atom stereocenters. The number of urea groups is 1. The molecule has 128 valence electrons. The summed E-state index contributed by atoms with van der Waals surface area (Å²) < 4.78 is 25.0. The van der Waals surface area contributed by atoms with Gasteiger partial charge < -0.3 is 15.1 Å².